The van der Waals surface area contributed by atoms with Crippen molar-refractivity contribution in [2.24, 2.45) is 13.0 Å². The molecule has 1 heterocycles. The highest BCUT2D eigenvalue weighted by molar-refractivity contribution is 7.89. The van der Waals surface area contributed by atoms with E-state index in [1.165, 1.54) is 0 Å². The second-order valence-electron chi connectivity index (χ2n) is 5.00. The minimum Gasteiger partial charge on any atom is -0.337 e. The monoisotopic (exact) mass is 271 g/mol. The van der Waals surface area contributed by atoms with Gasteiger partial charge in [0.05, 0.1) is 11.8 Å². The van der Waals surface area contributed by atoms with Crippen molar-refractivity contribution in [3.63, 3.8) is 0 Å². The molecule has 18 heavy (non-hydrogen) atoms. The zero-order valence-corrected chi connectivity index (χ0v) is 11.8. The fourth-order valence-electron chi connectivity index (χ4n) is 2.05. The van der Waals surface area contributed by atoms with Crippen LogP contribution in [-0.2, 0) is 17.1 Å². The third-order valence-electron chi connectivity index (χ3n) is 3.30. The van der Waals surface area contributed by atoms with Crippen LogP contribution in [0.15, 0.2) is 12.4 Å². The highest BCUT2D eigenvalue weighted by Gasteiger charge is 2.36. The highest BCUT2D eigenvalue weighted by Crippen LogP contribution is 2.40. The summed E-state index contributed by atoms with van der Waals surface area (Å²) in [6.07, 6.45) is 7.31. The summed E-state index contributed by atoms with van der Waals surface area (Å²) in [4.78, 5) is 4.28. The molecule has 0 bridgehead atoms. The molecule has 0 aromatic carbocycles. The Bertz CT molecular complexity index is 491. The minimum atomic E-state index is -3.19. The van der Waals surface area contributed by atoms with Gasteiger partial charge >= 0.3 is 0 Å². The Hall–Kier alpha value is -0.880. The summed E-state index contributed by atoms with van der Waals surface area (Å²) in [5.41, 5.74) is 0. The van der Waals surface area contributed by atoms with Crippen LogP contribution < -0.4 is 4.72 Å². The molecule has 0 aliphatic heterocycles. The van der Waals surface area contributed by atoms with Crippen LogP contribution in [0.2, 0.25) is 0 Å². The van der Waals surface area contributed by atoms with E-state index in [1.807, 2.05) is 24.7 Å². The minimum absolute atomic E-state index is 0.160. The molecular formula is C12H21N3O2S. The fourth-order valence-corrected chi connectivity index (χ4v) is 3.52. The maximum absolute atomic E-state index is 12.0. The Morgan fingerprint density at radius 1 is 1.56 bits per heavy atom. The van der Waals surface area contributed by atoms with Crippen molar-refractivity contribution in [1.29, 1.82) is 0 Å². The number of rotatable bonds is 7. The predicted molar refractivity (Wildman–Crippen MR) is 70.5 cm³/mol. The Morgan fingerprint density at radius 2 is 2.28 bits per heavy atom. The van der Waals surface area contributed by atoms with Gasteiger partial charge in [0.2, 0.25) is 10.0 Å². The van der Waals surface area contributed by atoms with Crippen molar-refractivity contribution in [1.82, 2.24) is 14.3 Å². The van der Waals surface area contributed by atoms with Gasteiger partial charge in [0, 0.05) is 19.4 Å². The first kappa shape index (κ1) is 13.5. The summed E-state index contributed by atoms with van der Waals surface area (Å²) in [5.74, 6) is 1.43. The van der Waals surface area contributed by atoms with Gasteiger partial charge in [-0.05, 0) is 25.2 Å². The molecule has 1 aliphatic carbocycles. The Kier molecular flexibility index (Phi) is 4.07. The van der Waals surface area contributed by atoms with E-state index in [2.05, 4.69) is 9.71 Å². The molecule has 1 aromatic heterocycles. The van der Waals surface area contributed by atoms with Crippen molar-refractivity contribution in [3.8, 4) is 0 Å². The van der Waals surface area contributed by atoms with Gasteiger partial charge in [-0.25, -0.2) is 18.1 Å². The lowest BCUT2D eigenvalue weighted by molar-refractivity contribution is 0.499. The molecule has 1 N–H and O–H groups in total. The molecule has 0 spiro atoms. The van der Waals surface area contributed by atoms with Gasteiger partial charge in [-0.3, -0.25) is 0 Å². The third-order valence-corrected chi connectivity index (χ3v) is 4.74. The molecule has 102 valence electrons. The van der Waals surface area contributed by atoms with E-state index in [-0.39, 0.29) is 11.8 Å². The molecule has 1 saturated carbocycles. The van der Waals surface area contributed by atoms with E-state index in [0.29, 0.717) is 12.3 Å². The van der Waals surface area contributed by atoms with Crippen LogP contribution in [0.1, 0.15) is 44.5 Å². The zero-order chi connectivity index (χ0) is 13.2. The van der Waals surface area contributed by atoms with Gasteiger partial charge in [0.1, 0.15) is 5.82 Å². The normalized spacial score (nSPS) is 17.9. The lowest BCUT2D eigenvalue weighted by Gasteiger charge is -2.18. The highest BCUT2D eigenvalue weighted by atomic mass is 32.2. The summed E-state index contributed by atoms with van der Waals surface area (Å²) in [7, 11) is -1.29. The van der Waals surface area contributed by atoms with Gasteiger partial charge < -0.3 is 4.57 Å². The van der Waals surface area contributed by atoms with Crippen LogP contribution in [0.3, 0.4) is 0 Å². The molecule has 0 radical (unpaired) electrons. The molecule has 1 fully saturated rings. The quantitative estimate of drug-likeness (QED) is 0.819. The van der Waals surface area contributed by atoms with Crippen LogP contribution in [0.25, 0.3) is 0 Å². The zero-order valence-electron chi connectivity index (χ0n) is 11.0. The second-order valence-corrected chi connectivity index (χ2v) is 6.88. The second kappa shape index (κ2) is 5.40. The van der Waals surface area contributed by atoms with Gasteiger partial charge in [-0.2, -0.15) is 0 Å². The van der Waals surface area contributed by atoms with Crippen LogP contribution in [0.5, 0.6) is 0 Å². The SMILES string of the molecule is CCCCS(=O)(=O)N[C@H](c1nccn1C)C1CC1. The Balaban J connectivity index is 2.10. The molecule has 0 saturated heterocycles. The third kappa shape index (κ3) is 3.32. The van der Waals surface area contributed by atoms with Gasteiger partial charge in [-0.15, -0.1) is 0 Å². The molecular weight excluding hydrogens is 250 g/mol. The summed E-state index contributed by atoms with van der Waals surface area (Å²) in [5, 5.41) is 0. The van der Waals surface area contributed by atoms with E-state index in [1.54, 1.807) is 6.20 Å². The molecule has 2 rings (SSSR count). The first-order valence-corrected chi connectivity index (χ1v) is 8.16. The van der Waals surface area contributed by atoms with E-state index in [9.17, 15) is 8.42 Å². The topological polar surface area (TPSA) is 64.0 Å². The van der Waals surface area contributed by atoms with Crippen molar-refractivity contribution in [2.75, 3.05) is 5.75 Å². The summed E-state index contributed by atoms with van der Waals surface area (Å²) in [6.45, 7) is 1.99. The first-order valence-electron chi connectivity index (χ1n) is 6.50. The Labute approximate surface area is 109 Å². The Morgan fingerprint density at radius 3 is 2.78 bits per heavy atom. The number of nitrogens with one attached hydrogen (secondary N) is 1. The van der Waals surface area contributed by atoms with Crippen LogP contribution in [-0.4, -0.2) is 23.7 Å². The van der Waals surface area contributed by atoms with Gasteiger partial charge in [-0.1, -0.05) is 13.3 Å². The first-order chi connectivity index (χ1) is 8.53. The molecule has 1 aromatic rings. The number of aromatic nitrogens is 2. The number of hydrogen-bond acceptors (Lipinski definition) is 3. The molecule has 6 heteroatoms. The van der Waals surface area contributed by atoms with Crippen molar-refractivity contribution >= 4 is 10.0 Å². The average Bonchev–Trinajstić information content (AvgIpc) is 3.07. The summed E-state index contributed by atoms with van der Waals surface area (Å²) >= 11 is 0. The van der Waals surface area contributed by atoms with Crippen molar-refractivity contribution in [2.45, 2.75) is 38.6 Å². The smallest absolute Gasteiger partial charge is 0.212 e. The molecule has 0 unspecified atom stereocenters. The lowest BCUT2D eigenvalue weighted by Crippen LogP contribution is -2.33. The molecule has 0 amide bonds. The number of aryl methyl sites for hydroxylation is 1. The maximum Gasteiger partial charge on any atom is 0.212 e. The average molecular weight is 271 g/mol. The summed E-state index contributed by atoms with van der Waals surface area (Å²) in [6, 6.07) is -0.160. The standard InChI is InChI=1S/C12H21N3O2S/c1-3-4-9-18(16,17)14-11(10-5-6-10)12-13-7-8-15(12)2/h7-8,10-11,14H,3-6,9H2,1-2H3/t11-/m0/s1. The van der Waals surface area contributed by atoms with E-state index in [0.717, 1.165) is 25.1 Å². The maximum atomic E-state index is 12.0. The van der Waals surface area contributed by atoms with Crippen molar-refractivity contribution < 1.29 is 8.42 Å². The van der Waals surface area contributed by atoms with Gasteiger partial charge in [0.15, 0.2) is 0 Å². The van der Waals surface area contributed by atoms with Crippen LogP contribution in [0.4, 0.5) is 0 Å². The number of sulfonamides is 1. The van der Waals surface area contributed by atoms with Crippen molar-refractivity contribution in [3.05, 3.63) is 18.2 Å². The number of unbranched alkanes of at least 4 members (excludes halogenated alkanes) is 1. The largest absolute Gasteiger partial charge is 0.337 e. The van der Waals surface area contributed by atoms with E-state index >= 15 is 0 Å². The van der Waals surface area contributed by atoms with Crippen LogP contribution in [0, 0.1) is 5.92 Å². The van der Waals surface area contributed by atoms with E-state index in [4.69, 9.17) is 0 Å². The number of imidazole rings is 1. The lowest BCUT2D eigenvalue weighted by atomic mass is 10.2. The number of nitrogens with zero attached hydrogens (tertiary/aromatic N) is 2. The van der Waals surface area contributed by atoms with E-state index < -0.39 is 10.0 Å². The molecule has 1 atom stereocenters. The van der Waals surface area contributed by atoms with Crippen LogP contribution >= 0.6 is 0 Å². The summed E-state index contributed by atoms with van der Waals surface area (Å²) < 4.78 is 28.7. The van der Waals surface area contributed by atoms with Gasteiger partial charge in [0.25, 0.3) is 0 Å². The molecule has 5 nitrogen and oxygen atoms in total. The predicted octanol–water partition coefficient (Wildman–Crippen LogP) is 1.59. The fraction of sp³-hybridized carbons (Fsp3) is 0.750. The molecule has 1 aliphatic rings. The number of hydrogen-bond donors (Lipinski definition) is 1.